The Morgan fingerprint density at radius 2 is 2.05 bits per heavy atom. The van der Waals surface area contributed by atoms with E-state index in [0.717, 1.165) is 27.5 Å². The molecule has 102 valence electrons. The fourth-order valence-corrected chi connectivity index (χ4v) is 2.47. The third-order valence-electron chi connectivity index (χ3n) is 2.46. The van der Waals surface area contributed by atoms with Gasteiger partial charge in [-0.25, -0.2) is 4.98 Å². The van der Waals surface area contributed by atoms with Gasteiger partial charge in [0.15, 0.2) is 0 Å². The van der Waals surface area contributed by atoms with Crippen LogP contribution in [0.25, 0.3) is 0 Å². The van der Waals surface area contributed by atoms with Gasteiger partial charge in [0.05, 0.1) is 5.69 Å². The summed E-state index contributed by atoms with van der Waals surface area (Å²) < 4.78 is 6.74. The zero-order valence-corrected chi connectivity index (χ0v) is 13.4. The third-order valence-corrected chi connectivity index (χ3v) is 3.89. The molecule has 2 rings (SSSR count). The maximum absolute atomic E-state index is 5.69. The lowest BCUT2D eigenvalue weighted by molar-refractivity contribution is 0.302. The van der Waals surface area contributed by atoms with Crippen LogP contribution in [0.4, 0.5) is 0 Å². The molecule has 2 aromatic rings. The van der Waals surface area contributed by atoms with Gasteiger partial charge in [-0.15, -0.1) is 11.3 Å². The summed E-state index contributed by atoms with van der Waals surface area (Å²) in [5.41, 5.74) is 0.980. The van der Waals surface area contributed by atoms with E-state index in [1.54, 1.807) is 11.3 Å². The first-order chi connectivity index (χ1) is 9.13. The van der Waals surface area contributed by atoms with E-state index >= 15 is 0 Å². The first-order valence-corrected chi connectivity index (χ1v) is 7.86. The Hall–Kier alpha value is -0.910. The van der Waals surface area contributed by atoms with Crippen molar-refractivity contribution >= 4 is 27.3 Å². The summed E-state index contributed by atoms with van der Waals surface area (Å²) in [6.45, 7) is 5.59. The van der Waals surface area contributed by atoms with Gasteiger partial charge in [-0.1, -0.05) is 29.8 Å². The molecule has 1 aromatic heterocycles. The Kier molecular flexibility index (Phi) is 5.36. The quantitative estimate of drug-likeness (QED) is 0.863. The largest absolute Gasteiger partial charge is 0.487 e. The average Bonchev–Trinajstić information content (AvgIpc) is 2.84. The molecule has 0 aliphatic rings. The number of aromatic nitrogens is 1. The summed E-state index contributed by atoms with van der Waals surface area (Å²) in [6.07, 6.45) is 0. The van der Waals surface area contributed by atoms with Crippen molar-refractivity contribution in [1.82, 2.24) is 10.3 Å². The van der Waals surface area contributed by atoms with Crippen molar-refractivity contribution < 1.29 is 4.74 Å². The smallest absolute Gasteiger partial charge is 0.131 e. The topological polar surface area (TPSA) is 34.2 Å². The lowest BCUT2D eigenvalue weighted by Crippen LogP contribution is -2.21. The molecule has 0 bridgehead atoms. The number of rotatable bonds is 6. The van der Waals surface area contributed by atoms with E-state index in [9.17, 15) is 0 Å². The molecule has 0 atom stereocenters. The molecular weight excluding hydrogens is 324 g/mol. The number of nitrogens with one attached hydrogen (secondary N) is 1. The van der Waals surface area contributed by atoms with Crippen LogP contribution in [-0.4, -0.2) is 11.0 Å². The second-order valence-corrected chi connectivity index (χ2v) is 6.37. The van der Waals surface area contributed by atoms with Gasteiger partial charge >= 0.3 is 0 Å². The van der Waals surface area contributed by atoms with Gasteiger partial charge < -0.3 is 10.1 Å². The van der Waals surface area contributed by atoms with Gasteiger partial charge in [-0.05, 0) is 24.3 Å². The summed E-state index contributed by atoms with van der Waals surface area (Å²) in [5, 5.41) is 6.51. The van der Waals surface area contributed by atoms with Gasteiger partial charge in [0.1, 0.15) is 17.4 Å². The normalized spacial score (nSPS) is 10.9. The Bertz CT molecular complexity index is 510. The monoisotopic (exact) mass is 340 g/mol. The van der Waals surface area contributed by atoms with Gasteiger partial charge in [0, 0.05) is 22.4 Å². The lowest BCUT2D eigenvalue weighted by Gasteiger charge is -2.05. The zero-order valence-electron chi connectivity index (χ0n) is 11.0. The third kappa shape index (κ3) is 4.93. The van der Waals surface area contributed by atoms with Crippen LogP contribution in [0.5, 0.6) is 5.75 Å². The van der Waals surface area contributed by atoms with Crippen molar-refractivity contribution in [3.8, 4) is 5.75 Å². The van der Waals surface area contributed by atoms with Crippen molar-refractivity contribution in [3.05, 3.63) is 44.8 Å². The second-order valence-electron chi connectivity index (χ2n) is 4.51. The maximum atomic E-state index is 5.69. The molecule has 1 N–H and O–H groups in total. The molecule has 0 saturated heterocycles. The van der Waals surface area contributed by atoms with Crippen molar-refractivity contribution in [2.75, 3.05) is 0 Å². The molecule has 0 saturated carbocycles. The van der Waals surface area contributed by atoms with E-state index in [4.69, 9.17) is 4.74 Å². The van der Waals surface area contributed by atoms with Gasteiger partial charge in [0.2, 0.25) is 0 Å². The minimum absolute atomic E-state index is 0.478. The van der Waals surface area contributed by atoms with E-state index in [-0.39, 0.29) is 0 Å². The minimum Gasteiger partial charge on any atom is -0.487 e. The Morgan fingerprint density at radius 1 is 1.32 bits per heavy atom. The predicted molar refractivity (Wildman–Crippen MR) is 82.6 cm³/mol. The molecule has 19 heavy (non-hydrogen) atoms. The average molecular weight is 341 g/mol. The predicted octanol–water partition coefficient (Wildman–Crippen LogP) is 3.98. The molecule has 0 spiro atoms. The van der Waals surface area contributed by atoms with Crippen LogP contribution in [0.3, 0.4) is 0 Å². The molecule has 1 heterocycles. The van der Waals surface area contributed by atoms with E-state index in [1.807, 2.05) is 24.3 Å². The van der Waals surface area contributed by atoms with E-state index in [0.29, 0.717) is 12.6 Å². The minimum atomic E-state index is 0.478. The van der Waals surface area contributed by atoms with Crippen molar-refractivity contribution in [3.63, 3.8) is 0 Å². The second kappa shape index (κ2) is 7.03. The first-order valence-electron chi connectivity index (χ1n) is 6.18. The highest BCUT2D eigenvalue weighted by Gasteiger charge is 2.03. The summed E-state index contributed by atoms with van der Waals surface area (Å²) in [5.74, 6) is 0.859. The van der Waals surface area contributed by atoms with Crippen molar-refractivity contribution in [1.29, 1.82) is 0 Å². The van der Waals surface area contributed by atoms with Crippen LogP contribution in [0.15, 0.2) is 34.1 Å². The molecule has 0 fully saturated rings. The standard InChI is InChI=1S/C14H17BrN2OS/c1-10(2)16-7-14-17-12(9-19-14)8-18-13-5-3-11(15)4-6-13/h3-6,9-10,16H,7-8H2,1-2H3. The summed E-state index contributed by atoms with van der Waals surface area (Å²) in [4.78, 5) is 4.54. The van der Waals surface area contributed by atoms with Gasteiger partial charge in [-0.3, -0.25) is 0 Å². The number of thiazole rings is 1. The van der Waals surface area contributed by atoms with Gasteiger partial charge in [-0.2, -0.15) is 0 Å². The molecule has 0 amide bonds. The summed E-state index contributed by atoms with van der Waals surface area (Å²) in [7, 11) is 0. The highest BCUT2D eigenvalue weighted by Crippen LogP contribution is 2.18. The Balaban J connectivity index is 1.84. The summed E-state index contributed by atoms with van der Waals surface area (Å²) in [6, 6.07) is 8.30. The molecule has 0 radical (unpaired) electrons. The van der Waals surface area contributed by atoms with Crippen LogP contribution < -0.4 is 10.1 Å². The van der Waals surface area contributed by atoms with Gasteiger partial charge in [0.25, 0.3) is 0 Å². The highest BCUT2D eigenvalue weighted by molar-refractivity contribution is 9.10. The number of ether oxygens (including phenoxy) is 1. The van der Waals surface area contributed by atoms with Crippen LogP contribution in [-0.2, 0) is 13.2 Å². The first kappa shape index (κ1) is 14.5. The van der Waals surface area contributed by atoms with Crippen LogP contribution in [0.2, 0.25) is 0 Å². The van der Waals surface area contributed by atoms with Crippen molar-refractivity contribution in [2.24, 2.45) is 0 Å². The zero-order chi connectivity index (χ0) is 13.7. The Labute approximate surface area is 126 Å². The van der Waals surface area contributed by atoms with Crippen molar-refractivity contribution in [2.45, 2.75) is 33.0 Å². The maximum Gasteiger partial charge on any atom is 0.131 e. The number of nitrogens with zero attached hydrogens (tertiary/aromatic N) is 1. The molecule has 1 aromatic carbocycles. The van der Waals surface area contributed by atoms with E-state index in [2.05, 4.69) is 45.5 Å². The molecule has 0 aliphatic carbocycles. The number of halogens is 1. The van der Waals surface area contributed by atoms with Crippen LogP contribution in [0, 0.1) is 0 Å². The van der Waals surface area contributed by atoms with E-state index < -0.39 is 0 Å². The Morgan fingerprint density at radius 3 is 2.74 bits per heavy atom. The lowest BCUT2D eigenvalue weighted by atomic mass is 10.3. The molecule has 5 heteroatoms. The molecule has 3 nitrogen and oxygen atoms in total. The number of benzene rings is 1. The fraction of sp³-hybridized carbons (Fsp3) is 0.357. The molecule has 0 unspecified atom stereocenters. The van der Waals surface area contributed by atoms with Crippen LogP contribution in [0.1, 0.15) is 24.5 Å². The van der Waals surface area contributed by atoms with Crippen LogP contribution >= 0.6 is 27.3 Å². The summed E-state index contributed by atoms with van der Waals surface area (Å²) >= 11 is 5.07. The number of hydrogen-bond acceptors (Lipinski definition) is 4. The molecular formula is C14H17BrN2OS. The highest BCUT2D eigenvalue weighted by atomic mass is 79.9. The fourth-order valence-electron chi connectivity index (χ4n) is 1.48. The number of hydrogen-bond donors (Lipinski definition) is 1. The SMILES string of the molecule is CC(C)NCc1nc(COc2ccc(Br)cc2)cs1. The molecule has 0 aliphatic heterocycles. The van der Waals surface area contributed by atoms with E-state index in [1.165, 1.54) is 0 Å².